The molecule has 1 aliphatic heterocycles. The Balaban J connectivity index is 2.13. The number of rotatable bonds is 2. The zero-order chi connectivity index (χ0) is 18.4. The lowest BCUT2D eigenvalue weighted by Crippen LogP contribution is -2.44. The molecule has 6 nitrogen and oxygen atoms in total. The van der Waals surface area contributed by atoms with Gasteiger partial charge in [-0.25, -0.2) is 0 Å². The summed E-state index contributed by atoms with van der Waals surface area (Å²) in [5.41, 5.74) is 1.87. The zero-order valence-corrected chi connectivity index (χ0v) is 14.7. The van der Waals surface area contributed by atoms with Crippen molar-refractivity contribution in [2.45, 2.75) is 32.6 Å². The monoisotopic (exact) mass is 355 g/mol. The van der Waals surface area contributed by atoms with Crippen LogP contribution in [0.15, 0.2) is 35.5 Å². The molecule has 2 aliphatic rings. The number of nitrogens with one attached hydrogen (secondary N) is 1. The van der Waals surface area contributed by atoms with Crippen LogP contribution in [0.25, 0.3) is 0 Å². The van der Waals surface area contributed by atoms with E-state index in [1.807, 2.05) is 13.8 Å². The second-order valence-corrected chi connectivity index (χ2v) is 7.70. The van der Waals surface area contributed by atoms with E-state index in [1.54, 1.807) is 12.1 Å². The maximum absolute atomic E-state index is 12.8. The van der Waals surface area contributed by atoms with Gasteiger partial charge in [0.25, 0.3) is 5.69 Å². The molecule has 1 N–H and O–H groups in total. The molecule has 1 heterocycles. The maximum atomic E-state index is 12.8. The van der Waals surface area contributed by atoms with Crippen molar-refractivity contribution < 1.29 is 9.72 Å². The van der Waals surface area contributed by atoms with Gasteiger partial charge in [-0.05, 0) is 17.4 Å². The van der Waals surface area contributed by atoms with Gasteiger partial charge < -0.3 is 5.32 Å². The highest BCUT2D eigenvalue weighted by Gasteiger charge is 2.44. The maximum Gasteiger partial charge on any atom is 0.269 e. The molecule has 0 radical (unpaired) electrons. The molecule has 0 amide bonds. The van der Waals surface area contributed by atoms with E-state index in [0.29, 0.717) is 29.0 Å². The predicted molar refractivity (Wildman–Crippen MR) is 95.7 cm³/mol. The van der Waals surface area contributed by atoms with Crippen molar-refractivity contribution in [2.24, 2.45) is 11.3 Å². The number of nitrogens with zero attached hydrogens (tertiary/aromatic N) is 2. The standard InChI is InChI=1S/C18H17N3O3S/c1-18(2)7-13-16(14(22)8-18)15(12(9-19)17(25)20-13)10-3-5-11(6-4-10)21(23)24/h3-6,12,15H,7-8H2,1-2H3,(H,20,25)/t12-,15-/m0/s1. The SMILES string of the molecule is CC1(C)CC(=O)C2=C(C1)NC(=S)[C@@H](C#N)[C@@H]2c1ccc([N+](=O)[O-])cc1. The van der Waals surface area contributed by atoms with Crippen molar-refractivity contribution in [3.05, 3.63) is 51.2 Å². The van der Waals surface area contributed by atoms with Crippen molar-refractivity contribution in [3.63, 3.8) is 0 Å². The first kappa shape index (κ1) is 17.2. The lowest BCUT2D eigenvalue weighted by molar-refractivity contribution is -0.384. The van der Waals surface area contributed by atoms with Crippen LogP contribution in [0, 0.1) is 32.8 Å². The quantitative estimate of drug-likeness (QED) is 0.496. The summed E-state index contributed by atoms with van der Waals surface area (Å²) in [6.07, 6.45) is 1.08. The summed E-state index contributed by atoms with van der Waals surface area (Å²) < 4.78 is 0. The number of hydrogen-bond acceptors (Lipinski definition) is 5. The number of Topliss-reactive ketones (excluding diaryl/α,β-unsaturated/α-hetero) is 1. The van der Waals surface area contributed by atoms with E-state index >= 15 is 0 Å². The fourth-order valence-corrected chi connectivity index (χ4v) is 3.96. The average molecular weight is 355 g/mol. The Hall–Kier alpha value is -2.59. The summed E-state index contributed by atoms with van der Waals surface area (Å²) in [7, 11) is 0. The van der Waals surface area contributed by atoms with Gasteiger partial charge in [0.2, 0.25) is 0 Å². The van der Waals surface area contributed by atoms with Crippen LogP contribution in [-0.2, 0) is 4.79 Å². The number of thiocarbonyl (C=S) groups is 1. The summed E-state index contributed by atoms with van der Waals surface area (Å²) in [4.78, 5) is 23.6. The number of carbonyl (C=O) groups is 1. The van der Waals surface area contributed by atoms with Gasteiger partial charge in [-0.1, -0.05) is 38.2 Å². The molecule has 0 fully saturated rings. The van der Waals surface area contributed by atoms with E-state index in [4.69, 9.17) is 12.2 Å². The first-order valence-electron chi connectivity index (χ1n) is 7.94. The van der Waals surface area contributed by atoms with E-state index < -0.39 is 16.8 Å². The number of hydrogen-bond donors (Lipinski definition) is 1. The minimum Gasteiger partial charge on any atom is -0.352 e. The van der Waals surface area contributed by atoms with Gasteiger partial charge in [0.05, 0.1) is 16.0 Å². The Morgan fingerprint density at radius 3 is 2.52 bits per heavy atom. The van der Waals surface area contributed by atoms with Gasteiger partial charge in [0.15, 0.2) is 5.78 Å². The van der Waals surface area contributed by atoms with Crippen LogP contribution in [0.2, 0.25) is 0 Å². The van der Waals surface area contributed by atoms with Gasteiger partial charge in [-0.15, -0.1) is 0 Å². The molecule has 0 unspecified atom stereocenters. The second kappa shape index (κ2) is 6.05. The Morgan fingerprint density at radius 1 is 1.32 bits per heavy atom. The van der Waals surface area contributed by atoms with Crippen LogP contribution in [0.5, 0.6) is 0 Å². The van der Waals surface area contributed by atoms with E-state index in [-0.39, 0.29) is 16.9 Å². The lowest BCUT2D eigenvalue weighted by atomic mass is 9.67. The highest BCUT2D eigenvalue weighted by Crippen LogP contribution is 2.46. The molecular weight excluding hydrogens is 338 g/mol. The van der Waals surface area contributed by atoms with E-state index in [2.05, 4.69) is 11.4 Å². The van der Waals surface area contributed by atoms with E-state index in [9.17, 15) is 20.2 Å². The van der Waals surface area contributed by atoms with Crippen LogP contribution in [0.4, 0.5) is 5.69 Å². The Morgan fingerprint density at radius 2 is 1.96 bits per heavy atom. The smallest absolute Gasteiger partial charge is 0.269 e. The third-order valence-electron chi connectivity index (χ3n) is 4.72. The molecule has 7 heteroatoms. The molecule has 128 valence electrons. The van der Waals surface area contributed by atoms with Crippen LogP contribution in [-0.4, -0.2) is 15.7 Å². The summed E-state index contributed by atoms with van der Waals surface area (Å²) in [6.45, 7) is 4.05. The molecule has 0 saturated heterocycles. The van der Waals surface area contributed by atoms with Crippen LogP contribution in [0.3, 0.4) is 0 Å². The molecule has 25 heavy (non-hydrogen) atoms. The van der Waals surface area contributed by atoms with Crippen molar-refractivity contribution in [3.8, 4) is 6.07 Å². The molecule has 1 aromatic carbocycles. The van der Waals surface area contributed by atoms with Gasteiger partial charge >= 0.3 is 0 Å². The van der Waals surface area contributed by atoms with Gasteiger partial charge in [0.1, 0.15) is 5.92 Å². The molecule has 0 saturated carbocycles. The number of allylic oxidation sites excluding steroid dienone is 2. The molecule has 2 atom stereocenters. The third-order valence-corrected chi connectivity index (χ3v) is 5.08. The molecule has 0 aromatic heterocycles. The normalized spacial score (nSPS) is 25.0. The minimum absolute atomic E-state index is 0.00449. The van der Waals surface area contributed by atoms with Crippen LogP contribution in [0.1, 0.15) is 38.2 Å². The number of non-ortho nitro benzene ring substituents is 1. The second-order valence-electron chi connectivity index (χ2n) is 7.26. The van der Waals surface area contributed by atoms with E-state index in [0.717, 1.165) is 5.70 Å². The van der Waals surface area contributed by atoms with Crippen LogP contribution < -0.4 is 5.32 Å². The Bertz CT molecular complexity index is 849. The van der Waals surface area contributed by atoms with Gasteiger partial charge in [-0.2, -0.15) is 5.26 Å². The fourth-order valence-electron chi connectivity index (χ4n) is 3.65. The molecule has 1 aromatic rings. The topological polar surface area (TPSA) is 96.0 Å². The average Bonchev–Trinajstić information content (AvgIpc) is 2.52. The number of nitriles is 1. The Kier molecular flexibility index (Phi) is 4.17. The fraction of sp³-hybridized carbons (Fsp3) is 0.389. The first-order valence-corrected chi connectivity index (χ1v) is 8.35. The number of carbonyl (C=O) groups excluding carboxylic acids is 1. The summed E-state index contributed by atoms with van der Waals surface area (Å²) in [5.74, 6) is -1.15. The number of nitro groups is 1. The Labute approximate surface area is 150 Å². The lowest BCUT2D eigenvalue weighted by Gasteiger charge is -2.40. The van der Waals surface area contributed by atoms with Crippen LogP contribution >= 0.6 is 12.2 Å². The van der Waals surface area contributed by atoms with Crippen molar-refractivity contribution in [1.29, 1.82) is 5.26 Å². The number of benzene rings is 1. The molecule has 0 spiro atoms. The predicted octanol–water partition coefficient (Wildman–Crippen LogP) is 3.39. The minimum atomic E-state index is -0.666. The summed E-state index contributed by atoms with van der Waals surface area (Å²) >= 11 is 5.37. The molecular formula is C18H17N3O3S. The number of nitro benzene ring substituents is 1. The molecule has 0 bridgehead atoms. The first-order chi connectivity index (χ1) is 11.7. The van der Waals surface area contributed by atoms with Crippen molar-refractivity contribution in [2.75, 3.05) is 0 Å². The zero-order valence-electron chi connectivity index (χ0n) is 13.9. The molecule has 1 aliphatic carbocycles. The highest BCUT2D eigenvalue weighted by atomic mass is 32.1. The summed E-state index contributed by atoms with van der Waals surface area (Å²) in [6, 6.07) is 8.20. The van der Waals surface area contributed by atoms with E-state index in [1.165, 1.54) is 12.1 Å². The van der Waals surface area contributed by atoms with Gasteiger partial charge in [0, 0.05) is 35.7 Å². The van der Waals surface area contributed by atoms with Crippen molar-refractivity contribution >= 4 is 28.7 Å². The summed E-state index contributed by atoms with van der Waals surface area (Å²) in [5, 5.41) is 23.6. The number of ketones is 1. The molecule has 3 rings (SSSR count). The van der Waals surface area contributed by atoms with Crippen molar-refractivity contribution in [1.82, 2.24) is 5.32 Å². The largest absolute Gasteiger partial charge is 0.352 e. The van der Waals surface area contributed by atoms with Gasteiger partial charge in [-0.3, -0.25) is 14.9 Å². The highest BCUT2D eigenvalue weighted by molar-refractivity contribution is 7.80. The third kappa shape index (κ3) is 3.05.